The molecule has 154 valence electrons. The summed E-state index contributed by atoms with van der Waals surface area (Å²) in [5.74, 6) is 1.17. The van der Waals surface area contributed by atoms with Crippen LogP contribution in [-0.4, -0.2) is 36.6 Å². The van der Waals surface area contributed by atoms with Crippen LogP contribution in [0.15, 0.2) is 36.7 Å². The Balaban J connectivity index is 1.67. The minimum Gasteiger partial charge on any atom is -0.493 e. The summed E-state index contributed by atoms with van der Waals surface area (Å²) in [7, 11) is 3.53. The molecule has 0 amide bonds. The molecule has 4 rings (SSSR count). The topological polar surface area (TPSA) is 70.7 Å². The number of benzene rings is 1. The molecule has 0 fully saturated rings. The number of rotatable bonds is 5. The largest absolute Gasteiger partial charge is 0.493 e. The van der Waals surface area contributed by atoms with Crippen molar-refractivity contribution in [2.45, 2.75) is 27.2 Å². The van der Waals surface area contributed by atoms with E-state index in [0.717, 1.165) is 45.3 Å². The van der Waals surface area contributed by atoms with E-state index in [-0.39, 0.29) is 5.82 Å². The highest BCUT2D eigenvalue weighted by Crippen LogP contribution is 2.27. The van der Waals surface area contributed by atoms with Crippen molar-refractivity contribution in [3.8, 4) is 22.8 Å². The third-order valence-electron chi connectivity index (χ3n) is 5.20. The van der Waals surface area contributed by atoms with Gasteiger partial charge >= 0.3 is 0 Å². The molecule has 1 aromatic carbocycles. The van der Waals surface area contributed by atoms with Crippen LogP contribution in [0, 0.1) is 26.6 Å². The molecule has 0 radical (unpaired) electrons. The van der Waals surface area contributed by atoms with Crippen LogP contribution in [-0.2, 0) is 13.5 Å². The Morgan fingerprint density at radius 2 is 1.77 bits per heavy atom. The van der Waals surface area contributed by atoms with Crippen LogP contribution in [0.5, 0.6) is 5.75 Å². The van der Waals surface area contributed by atoms with Crippen LogP contribution in [0.25, 0.3) is 17.1 Å². The zero-order valence-corrected chi connectivity index (χ0v) is 17.6. The number of aromatic nitrogens is 6. The van der Waals surface area contributed by atoms with Crippen molar-refractivity contribution in [1.29, 1.82) is 0 Å². The van der Waals surface area contributed by atoms with Gasteiger partial charge in [-0.25, -0.2) is 19.0 Å². The average molecular weight is 406 g/mol. The maximum absolute atomic E-state index is 13.3. The Morgan fingerprint density at radius 1 is 1.03 bits per heavy atom. The molecular formula is C22H23FN6O. The maximum Gasteiger partial charge on any atom is 0.163 e. The lowest BCUT2D eigenvalue weighted by Crippen LogP contribution is -2.05. The zero-order chi connectivity index (χ0) is 21.4. The summed E-state index contributed by atoms with van der Waals surface area (Å²) in [6.45, 7) is 5.87. The van der Waals surface area contributed by atoms with E-state index >= 15 is 0 Å². The molecule has 0 bridgehead atoms. The van der Waals surface area contributed by atoms with Gasteiger partial charge < -0.3 is 4.74 Å². The van der Waals surface area contributed by atoms with E-state index in [2.05, 4.69) is 20.2 Å². The van der Waals surface area contributed by atoms with Gasteiger partial charge in [0.25, 0.3) is 0 Å². The van der Waals surface area contributed by atoms with Gasteiger partial charge in [-0.15, -0.1) is 0 Å². The fourth-order valence-corrected chi connectivity index (χ4v) is 3.78. The molecular weight excluding hydrogens is 383 g/mol. The summed E-state index contributed by atoms with van der Waals surface area (Å²) >= 11 is 0. The van der Waals surface area contributed by atoms with Gasteiger partial charge in [0, 0.05) is 25.1 Å². The summed E-state index contributed by atoms with van der Waals surface area (Å²) in [4.78, 5) is 8.80. The number of aryl methyl sites for hydroxylation is 2. The molecule has 0 aliphatic rings. The molecule has 0 aliphatic heterocycles. The highest BCUT2D eigenvalue weighted by molar-refractivity contribution is 5.64. The quantitative estimate of drug-likeness (QED) is 0.505. The Kier molecular flexibility index (Phi) is 5.07. The highest BCUT2D eigenvalue weighted by atomic mass is 19.1. The van der Waals surface area contributed by atoms with Crippen LogP contribution < -0.4 is 4.74 Å². The molecule has 0 saturated heterocycles. The smallest absolute Gasteiger partial charge is 0.163 e. The van der Waals surface area contributed by atoms with Crippen LogP contribution >= 0.6 is 0 Å². The summed E-state index contributed by atoms with van der Waals surface area (Å²) in [5, 5.41) is 9.21. The molecule has 0 aliphatic carbocycles. The van der Waals surface area contributed by atoms with Gasteiger partial charge in [0.05, 0.1) is 29.9 Å². The number of nitrogens with zero attached hydrogens (tertiary/aromatic N) is 6. The van der Waals surface area contributed by atoms with Gasteiger partial charge in [0.15, 0.2) is 11.6 Å². The highest BCUT2D eigenvalue weighted by Gasteiger charge is 2.17. The molecule has 0 unspecified atom stereocenters. The van der Waals surface area contributed by atoms with E-state index < -0.39 is 0 Å². The van der Waals surface area contributed by atoms with Crippen LogP contribution in [0.2, 0.25) is 0 Å². The zero-order valence-electron chi connectivity index (χ0n) is 17.6. The number of halogens is 1. The van der Waals surface area contributed by atoms with Crippen molar-refractivity contribution in [3.63, 3.8) is 0 Å². The Bertz CT molecular complexity index is 1210. The van der Waals surface area contributed by atoms with Crippen molar-refractivity contribution in [2.24, 2.45) is 7.05 Å². The first-order valence-corrected chi connectivity index (χ1v) is 9.59. The predicted molar refractivity (Wildman–Crippen MR) is 111 cm³/mol. The van der Waals surface area contributed by atoms with Crippen LogP contribution in [0.1, 0.15) is 28.3 Å². The molecule has 0 N–H and O–H groups in total. The van der Waals surface area contributed by atoms with E-state index in [4.69, 9.17) is 4.74 Å². The van der Waals surface area contributed by atoms with Gasteiger partial charge in [-0.05, 0) is 50.6 Å². The van der Waals surface area contributed by atoms with Crippen LogP contribution in [0.3, 0.4) is 0 Å². The second kappa shape index (κ2) is 7.70. The third-order valence-corrected chi connectivity index (χ3v) is 5.20. The van der Waals surface area contributed by atoms with Gasteiger partial charge in [-0.3, -0.25) is 4.68 Å². The minimum absolute atomic E-state index is 0.256. The normalized spacial score (nSPS) is 11.1. The molecule has 30 heavy (non-hydrogen) atoms. The van der Waals surface area contributed by atoms with Crippen LogP contribution in [0.4, 0.5) is 4.39 Å². The number of hydrogen-bond acceptors (Lipinski definition) is 5. The standard InChI is InChI=1S/C22H23FN6O/c1-13-19(27-28(4)21(13)16-6-8-17(23)9-7-16)10-18-11-20(25-12-24-18)29-15(3)22(30-5)14(2)26-29/h6-9,11-12H,10H2,1-5H3. The molecule has 0 atom stereocenters. The molecule has 0 spiro atoms. The fourth-order valence-electron chi connectivity index (χ4n) is 3.78. The van der Waals surface area contributed by atoms with E-state index in [0.29, 0.717) is 12.2 Å². The van der Waals surface area contributed by atoms with Crippen molar-refractivity contribution in [1.82, 2.24) is 29.5 Å². The van der Waals surface area contributed by atoms with E-state index in [1.807, 2.05) is 38.6 Å². The van der Waals surface area contributed by atoms with E-state index in [1.165, 1.54) is 18.5 Å². The molecule has 7 nitrogen and oxygen atoms in total. The molecule has 3 aromatic heterocycles. The number of hydrogen-bond donors (Lipinski definition) is 0. The second-order valence-electron chi connectivity index (χ2n) is 7.21. The summed E-state index contributed by atoms with van der Waals surface area (Å²) in [5.41, 5.74) is 6.35. The number of methoxy groups -OCH3 is 1. The van der Waals surface area contributed by atoms with Gasteiger partial charge in [0.1, 0.15) is 17.8 Å². The fraction of sp³-hybridized carbons (Fsp3) is 0.273. The summed E-state index contributed by atoms with van der Waals surface area (Å²) in [6, 6.07) is 8.36. The molecule has 8 heteroatoms. The maximum atomic E-state index is 13.3. The lowest BCUT2D eigenvalue weighted by atomic mass is 10.0. The average Bonchev–Trinajstić information content (AvgIpc) is 3.17. The van der Waals surface area contributed by atoms with Gasteiger partial charge in [0.2, 0.25) is 0 Å². The summed E-state index contributed by atoms with van der Waals surface area (Å²) < 4.78 is 22.3. The summed E-state index contributed by atoms with van der Waals surface area (Å²) in [6.07, 6.45) is 2.08. The van der Waals surface area contributed by atoms with E-state index in [1.54, 1.807) is 23.9 Å². The first kappa shape index (κ1) is 19.8. The Hall–Kier alpha value is -3.55. The van der Waals surface area contributed by atoms with Crippen molar-refractivity contribution >= 4 is 0 Å². The lowest BCUT2D eigenvalue weighted by molar-refractivity contribution is 0.408. The second-order valence-corrected chi connectivity index (χ2v) is 7.21. The third kappa shape index (κ3) is 3.45. The molecule has 3 heterocycles. The Morgan fingerprint density at radius 3 is 2.43 bits per heavy atom. The SMILES string of the molecule is COc1c(C)nn(-c2cc(Cc3nn(C)c(-c4ccc(F)cc4)c3C)ncn2)c1C. The van der Waals surface area contributed by atoms with Crippen molar-refractivity contribution < 1.29 is 9.13 Å². The van der Waals surface area contributed by atoms with E-state index in [9.17, 15) is 4.39 Å². The van der Waals surface area contributed by atoms with Crippen molar-refractivity contribution in [3.05, 3.63) is 70.8 Å². The number of ether oxygens (including phenoxy) is 1. The molecule has 0 saturated carbocycles. The monoisotopic (exact) mass is 406 g/mol. The lowest BCUT2D eigenvalue weighted by Gasteiger charge is -2.06. The molecule has 4 aromatic rings. The predicted octanol–water partition coefficient (Wildman–Crippen LogP) is 3.73. The Labute approximate surface area is 174 Å². The first-order chi connectivity index (χ1) is 14.4. The van der Waals surface area contributed by atoms with Crippen molar-refractivity contribution in [2.75, 3.05) is 7.11 Å². The van der Waals surface area contributed by atoms with Gasteiger partial charge in [-0.1, -0.05) is 0 Å². The first-order valence-electron chi connectivity index (χ1n) is 9.59. The minimum atomic E-state index is -0.256. The van der Waals surface area contributed by atoms with Gasteiger partial charge in [-0.2, -0.15) is 10.2 Å².